The number of carbonyl (C=O) groups excluding carboxylic acids is 8. The molecule has 2 fully saturated rings. The average Bonchev–Trinajstić information content (AvgIpc) is 0.943. The molecule has 7 rings (SSSR count). The summed E-state index contributed by atoms with van der Waals surface area (Å²) in [7, 11) is 0. The normalized spacial score (nSPS) is 20.2. The van der Waals surface area contributed by atoms with E-state index >= 15 is 4.79 Å². The Kier molecular flexibility index (Phi) is 25.1. The average molecular weight is 1330 g/mol. The van der Waals surface area contributed by atoms with Crippen molar-refractivity contribution in [2.75, 3.05) is 26.3 Å². The fourth-order valence-corrected chi connectivity index (χ4v) is 10.7. The predicted molar refractivity (Wildman–Crippen MR) is 322 cm³/mol. The van der Waals surface area contributed by atoms with Crippen molar-refractivity contribution in [3.63, 3.8) is 0 Å². The number of aromatic amines is 1. The number of hydrogen-bond acceptors (Lipinski definition) is 16. The lowest BCUT2D eigenvalue weighted by Gasteiger charge is -2.40. The van der Waals surface area contributed by atoms with Gasteiger partial charge in [0, 0.05) is 43.0 Å². The van der Waals surface area contributed by atoms with Crippen LogP contribution in [0.2, 0.25) is 0 Å². The number of H-pyrrole nitrogens is 1. The molecule has 12 atom stereocenters. The summed E-state index contributed by atoms with van der Waals surface area (Å²) in [5.74, 6) is -7.73. The maximum Gasteiger partial charge on any atom is 0.416 e. The second-order valence-electron chi connectivity index (χ2n) is 23.5. The van der Waals surface area contributed by atoms with Gasteiger partial charge in [-0.25, -0.2) is 0 Å². The number of fused-ring (bicyclic) bond motifs is 1. The van der Waals surface area contributed by atoms with Gasteiger partial charge < -0.3 is 87.8 Å². The third-order valence-corrected chi connectivity index (χ3v) is 15.8. The lowest BCUT2D eigenvalue weighted by atomic mass is 9.99. The number of likely N-dealkylation sites (tertiary alicyclic amines) is 1. The van der Waals surface area contributed by atoms with Gasteiger partial charge in [0.15, 0.2) is 6.29 Å². The summed E-state index contributed by atoms with van der Waals surface area (Å²) in [4.78, 5) is 117. The number of nitrogens with one attached hydrogen (secondary N) is 8. The Morgan fingerprint density at radius 1 is 0.670 bits per heavy atom. The van der Waals surface area contributed by atoms with Crippen molar-refractivity contribution in [3.05, 3.63) is 137 Å². The van der Waals surface area contributed by atoms with Gasteiger partial charge >= 0.3 is 12.4 Å². The number of carbonyl (C=O) groups is 8. The van der Waals surface area contributed by atoms with Crippen molar-refractivity contribution in [1.29, 1.82) is 0 Å². The van der Waals surface area contributed by atoms with Crippen LogP contribution in [0.3, 0.4) is 0 Å². The molecule has 0 radical (unpaired) electrons. The highest BCUT2D eigenvalue weighted by Crippen LogP contribution is 2.36. The van der Waals surface area contributed by atoms with Crippen LogP contribution in [0.4, 0.5) is 26.3 Å². The molecule has 0 aliphatic carbocycles. The fraction of sp³-hybridized carbons (Fsp3) is 0.460. The number of phenolic OH excluding ortho intramolecular Hbond substituents is 1. The van der Waals surface area contributed by atoms with Gasteiger partial charge in [-0.3, -0.25) is 38.4 Å². The number of aromatic hydroxyl groups is 1. The highest BCUT2D eigenvalue weighted by Gasteiger charge is 2.46. The van der Waals surface area contributed by atoms with Crippen LogP contribution in [0.1, 0.15) is 73.4 Å². The number of halogens is 6. The van der Waals surface area contributed by atoms with E-state index in [1.807, 2.05) is 0 Å². The van der Waals surface area contributed by atoms with Crippen molar-refractivity contribution < 1.29 is 99.7 Å². The fourth-order valence-electron chi connectivity index (χ4n) is 10.7. The van der Waals surface area contributed by atoms with Gasteiger partial charge in [0.1, 0.15) is 66.4 Å². The molecule has 1 aromatic heterocycles. The topological polar surface area (TPSA) is 385 Å². The van der Waals surface area contributed by atoms with E-state index in [2.05, 4.69) is 42.2 Å². The van der Waals surface area contributed by atoms with Crippen molar-refractivity contribution in [1.82, 2.24) is 47.1 Å². The van der Waals surface area contributed by atoms with Gasteiger partial charge in [0.2, 0.25) is 47.3 Å². The Hall–Kier alpha value is -8.72. The van der Waals surface area contributed by atoms with Crippen molar-refractivity contribution >= 4 is 58.2 Å². The summed E-state index contributed by atoms with van der Waals surface area (Å²) in [6.45, 7) is 1.23. The second kappa shape index (κ2) is 32.4. The lowest BCUT2D eigenvalue weighted by molar-refractivity contribution is -0.301. The third-order valence-electron chi connectivity index (χ3n) is 15.8. The van der Waals surface area contributed by atoms with E-state index in [4.69, 9.17) is 15.2 Å². The van der Waals surface area contributed by atoms with Crippen LogP contribution in [0.15, 0.2) is 103 Å². The maximum absolute atomic E-state index is 15.0. The SMILES string of the molecule is CC(C)C[C@H](NC(=O)[C@@H]1CCCN1C(=O)[C@H](COC1O[C@H](CO)[C@@H](O)[C@H](O)[C@H]1O)NC(=O)[C@H](Cc1ccccc1)NC(=O)CNC(=O)[C@@H](C)NC(=O)[C@@H](N)Cc1ccc(O)cc1)C(=O)N[C@@H](Cc1c[nH]c2ccccc12)C(=O)NCc1cc(C(F)(F)F)cc(C(F)(F)F)c1. The highest BCUT2D eigenvalue weighted by molar-refractivity contribution is 5.98. The zero-order valence-electron chi connectivity index (χ0n) is 51.2. The molecule has 2 aliphatic heterocycles. The van der Waals surface area contributed by atoms with E-state index < -0.39 is 176 Å². The largest absolute Gasteiger partial charge is 0.508 e. The van der Waals surface area contributed by atoms with Gasteiger partial charge in [-0.1, -0.05) is 74.5 Å². The molecule has 2 saturated heterocycles. The molecule has 0 saturated carbocycles. The molecule has 5 aromatic rings. The Labute approximate surface area is 534 Å². The van der Waals surface area contributed by atoms with Crippen LogP contribution in [0, 0.1) is 5.92 Å². The third kappa shape index (κ3) is 19.9. The van der Waals surface area contributed by atoms with Crippen LogP contribution >= 0.6 is 0 Å². The van der Waals surface area contributed by atoms with Gasteiger partial charge in [-0.2, -0.15) is 26.3 Å². The standard InChI is InChI=1S/C63H76F6N10O15/c1-32(2)20-44(57(89)76-46(25-37-28-71-43-13-8-7-12-41(37)43)56(88)72-27-36-21-38(62(64,65)66)26-39(22-36)63(67,68)69)77-59(91)48-14-9-19-79(48)60(92)47(31-93-61-53(85)52(84)51(83)49(30-80)94-61)78-58(90)45(24-34-10-5-4-6-11-34)75-50(82)29-73-54(86)33(3)74-55(87)42(70)23-35-15-17-40(81)18-16-35/h4-8,10-13,15-18,21-22,26,28,32-33,42,44-49,51-53,61,71,80-81,83-85H,9,14,19-20,23-25,27,29-31,70H2,1-3H3,(H,72,88)(H,73,86)(H,74,87)(H,75,82)(H,76,89)(H,77,91)(H,78,90)/t33-,42+,44+,45+,46+,47+,48+,49-,51-,52+,53-,61?/m1/s1. The molecular formula is C63H76F6N10O15. The summed E-state index contributed by atoms with van der Waals surface area (Å²) in [6.07, 6.45) is -18.4. The number of nitrogens with two attached hydrogens (primary N) is 1. The van der Waals surface area contributed by atoms with E-state index in [-0.39, 0.29) is 62.8 Å². The van der Waals surface area contributed by atoms with E-state index in [1.54, 1.807) is 86.8 Å². The number of aliphatic hydroxyl groups is 4. The van der Waals surface area contributed by atoms with Crippen molar-refractivity contribution in [3.8, 4) is 5.75 Å². The molecule has 8 amide bonds. The molecule has 94 heavy (non-hydrogen) atoms. The molecule has 0 bridgehead atoms. The summed E-state index contributed by atoms with van der Waals surface area (Å²) >= 11 is 0. The number of para-hydroxylation sites is 1. The first-order chi connectivity index (χ1) is 44.4. The molecule has 0 spiro atoms. The smallest absolute Gasteiger partial charge is 0.416 e. The highest BCUT2D eigenvalue weighted by atomic mass is 19.4. The zero-order valence-corrected chi connectivity index (χ0v) is 51.2. The summed E-state index contributed by atoms with van der Waals surface area (Å²) in [6, 6.07) is 11.7. The van der Waals surface area contributed by atoms with Crippen molar-refractivity contribution in [2.24, 2.45) is 11.7 Å². The molecule has 3 heterocycles. The van der Waals surface area contributed by atoms with E-state index in [9.17, 15) is 85.4 Å². The van der Waals surface area contributed by atoms with Crippen LogP contribution < -0.4 is 43.0 Å². The number of nitrogens with zero attached hydrogens (tertiary/aromatic N) is 1. The zero-order chi connectivity index (χ0) is 68.8. The van der Waals surface area contributed by atoms with E-state index in [0.717, 1.165) is 4.90 Å². The molecule has 31 heteroatoms. The number of alkyl halides is 6. The quantitative estimate of drug-likeness (QED) is 0.0311. The van der Waals surface area contributed by atoms with Crippen LogP contribution in [0.25, 0.3) is 10.9 Å². The second-order valence-corrected chi connectivity index (χ2v) is 23.5. The van der Waals surface area contributed by atoms with Gasteiger partial charge in [-0.05, 0) is 97.2 Å². The van der Waals surface area contributed by atoms with E-state index in [0.29, 0.717) is 39.7 Å². The monoisotopic (exact) mass is 1330 g/mol. The van der Waals surface area contributed by atoms with Gasteiger partial charge in [-0.15, -0.1) is 0 Å². The minimum atomic E-state index is -5.19. The first-order valence-electron chi connectivity index (χ1n) is 30.1. The maximum atomic E-state index is 15.0. The summed E-state index contributed by atoms with van der Waals surface area (Å²) in [5.41, 5.74) is 4.46. The lowest BCUT2D eigenvalue weighted by Crippen LogP contribution is -2.62. The molecule has 25 nitrogen and oxygen atoms in total. The summed E-state index contributed by atoms with van der Waals surface area (Å²) < 4.78 is 94.1. The Morgan fingerprint density at radius 2 is 1.29 bits per heavy atom. The molecule has 4 aromatic carbocycles. The first-order valence-corrected chi connectivity index (χ1v) is 30.1. The number of amides is 8. The predicted octanol–water partition coefficient (Wildman–Crippen LogP) is 0.996. The number of benzene rings is 4. The number of rotatable bonds is 28. The summed E-state index contributed by atoms with van der Waals surface area (Å²) in [5, 5.41) is 69.5. The van der Waals surface area contributed by atoms with Crippen LogP contribution in [0.5, 0.6) is 5.75 Å². The van der Waals surface area contributed by atoms with Crippen molar-refractivity contribution in [2.45, 2.75) is 151 Å². The molecule has 510 valence electrons. The molecule has 2 aliphatic rings. The molecular weight excluding hydrogens is 1250 g/mol. The minimum Gasteiger partial charge on any atom is -0.508 e. The molecule has 1 unspecified atom stereocenters. The van der Waals surface area contributed by atoms with E-state index in [1.165, 1.54) is 19.1 Å². The number of hydrogen-bond donors (Lipinski definition) is 14. The number of ether oxygens (including phenoxy) is 2. The number of aromatic nitrogens is 1. The number of phenols is 1. The Balaban J connectivity index is 1.09. The Bertz CT molecular complexity index is 3420. The van der Waals surface area contributed by atoms with Crippen LogP contribution in [-0.2, 0) is 86.0 Å². The van der Waals surface area contributed by atoms with Crippen LogP contribution in [-0.4, -0.2) is 182 Å². The molecule has 15 N–H and O–H groups in total. The van der Waals surface area contributed by atoms with Gasteiger partial charge in [0.05, 0.1) is 36.9 Å². The van der Waals surface area contributed by atoms with Gasteiger partial charge in [0.25, 0.3) is 0 Å². The number of aliphatic hydroxyl groups excluding tert-OH is 4. The first kappa shape index (κ1) is 72.7. The minimum absolute atomic E-state index is 0.00427. The Morgan fingerprint density at radius 3 is 1.94 bits per heavy atom.